The van der Waals surface area contributed by atoms with Gasteiger partial charge in [0.25, 0.3) is 0 Å². The monoisotopic (exact) mass is 376 g/mol. The summed E-state index contributed by atoms with van der Waals surface area (Å²) in [6.07, 6.45) is 3.15. The Morgan fingerprint density at radius 3 is 2.61 bits per heavy atom. The Labute approximate surface area is 162 Å². The Hall–Kier alpha value is -3.41. The zero-order chi connectivity index (χ0) is 19.3. The Kier molecular flexibility index (Phi) is 5.19. The molecule has 0 atom stereocenters. The Morgan fingerprint density at radius 1 is 1.11 bits per heavy atom. The molecule has 2 aromatic carbocycles. The molecule has 0 radical (unpaired) electrons. The normalized spacial score (nSPS) is 13.7. The van der Waals surface area contributed by atoms with Gasteiger partial charge in [-0.05, 0) is 24.1 Å². The second-order valence-corrected chi connectivity index (χ2v) is 6.68. The number of esters is 1. The van der Waals surface area contributed by atoms with Crippen molar-refractivity contribution in [1.82, 2.24) is 9.88 Å². The van der Waals surface area contributed by atoms with E-state index in [-0.39, 0.29) is 12.5 Å². The summed E-state index contributed by atoms with van der Waals surface area (Å²) in [5.41, 5.74) is 2.36. The van der Waals surface area contributed by atoms with Crippen LogP contribution in [0.2, 0.25) is 0 Å². The topological polar surface area (TPSA) is 72.6 Å². The fourth-order valence-corrected chi connectivity index (χ4v) is 3.16. The van der Waals surface area contributed by atoms with E-state index >= 15 is 0 Å². The molecule has 1 aliphatic heterocycles. The highest BCUT2D eigenvalue weighted by Crippen LogP contribution is 2.20. The van der Waals surface area contributed by atoms with Crippen molar-refractivity contribution in [3.05, 3.63) is 77.8 Å². The summed E-state index contributed by atoms with van der Waals surface area (Å²) >= 11 is 0. The van der Waals surface area contributed by atoms with Gasteiger partial charge in [-0.2, -0.15) is 0 Å². The van der Waals surface area contributed by atoms with Crippen molar-refractivity contribution in [2.45, 2.75) is 26.0 Å². The number of oxazole rings is 1. The molecule has 6 nitrogen and oxygen atoms in total. The first-order valence-corrected chi connectivity index (χ1v) is 9.23. The highest BCUT2D eigenvalue weighted by atomic mass is 16.5. The van der Waals surface area contributed by atoms with E-state index in [0.29, 0.717) is 30.2 Å². The largest absolute Gasteiger partial charge is 0.452 e. The lowest BCUT2D eigenvalue weighted by molar-refractivity contribution is -0.128. The van der Waals surface area contributed by atoms with Crippen LogP contribution in [-0.2, 0) is 22.7 Å². The van der Waals surface area contributed by atoms with E-state index in [4.69, 9.17) is 9.15 Å². The molecule has 0 N–H and O–H groups in total. The van der Waals surface area contributed by atoms with E-state index in [0.717, 1.165) is 24.1 Å². The van der Waals surface area contributed by atoms with Gasteiger partial charge in [-0.1, -0.05) is 42.5 Å². The first-order chi connectivity index (χ1) is 13.7. The van der Waals surface area contributed by atoms with Crippen LogP contribution in [0, 0.1) is 0 Å². The van der Waals surface area contributed by atoms with Gasteiger partial charge in [-0.25, -0.2) is 9.78 Å². The quantitative estimate of drug-likeness (QED) is 0.612. The number of carbonyl (C=O) groups is 2. The minimum atomic E-state index is -0.441. The summed E-state index contributed by atoms with van der Waals surface area (Å²) < 4.78 is 10.9. The number of rotatable bonds is 6. The van der Waals surface area contributed by atoms with Gasteiger partial charge in [0, 0.05) is 25.1 Å². The van der Waals surface area contributed by atoms with Crippen LogP contribution in [0.5, 0.6) is 0 Å². The molecule has 3 aromatic rings. The van der Waals surface area contributed by atoms with E-state index in [2.05, 4.69) is 4.98 Å². The van der Waals surface area contributed by atoms with Gasteiger partial charge in [0.2, 0.25) is 11.8 Å². The van der Waals surface area contributed by atoms with Crippen LogP contribution in [0.15, 0.2) is 65.2 Å². The van der Waals surface area contributed by atoms with Crippen molar-refractivity contribution in [2.75, 3.05) is 6.54 Å². The summed E-state index contributed by atoms with van der Waals surface area (Å²) in [6.45, 7) is 1.34. The molecule has 0 aliphatic carbocycles. The highest BCUT2D eigenvalue weighted by Gasteiger charge is 2.20. The van der Waals surface area contributed by atoms with Crippen molar-refractivity contribution in [3.8, 4) is 11.3 Å². The molecule has 1 fully saturated rings. The van der Waals surface area contributed by atoms with Gasteiger partial charge in [0.15, 0.2) is 12.4 Å². The lowest BCUT2D eigenvalue weighted by Gasteiger charge is -2.15. The first kappa shape index (κ1) is 18.0. The minimum Gasteiger partial charge on any atom is -0.452 e. The van der Waals surface area contributed by atoms with Crippen LogP contribution in [-0.4, -0.2) is 28.3 Å². The third-order valence-electron chi connectivity index (χ3n) is 4.67. The number of amides is 1. The third kappa shape index (κ3) is 4.11. The number of aromatic nitrogens is 1. The molecule has 142 valence electrons. The zero-order valence-corrected chi connectivity index (χ0v) is 15.3. The molecule has 2 heterocycles. The molecule has 28 heavy (non-hydrogen) atoms. The summed E-state index contributed by atoms with van der Waals surface area (Å²) in [6, 6.07) is 16.7. The predicted molar refractivity (Wildman–Crippen MR) is 102 cm³/mol. The van der Waals surface area contributed by atoms with Gasteiger partial charge in [0.1, 0.15) is 0 Å². The summed E-state index contributed by atoms with van der Waals surface area (Å²) in [5, 5.41) is 0. The van der Waals surface area contributed by atoms with Crippen LogP contribution in [0.3, 0.4) is 0 Å². The molecular formula is C22H20N2O4. The fourth-order valence-electron chi connectivity index (χ4n) is 3.16. The van der Waals surface area contributed by atoms with Crippen molar-refractivity contribution < 1.29 is 18.7 Å². The van der Waals surface area contributed by atoms with E-state index in [1.54, 1.807) is 18.3 Å². The van der Waals surface area contributed by atoms with Crippen LogP contribution in [0.1, 0.15) is 34.7 Å². The van der Waals surface area contributed by atoms with E-state index in [1.165, 1.54) is 0 Å². The zero-order valence-electron chi connectivity index (χ0n) is 15.3. The number of likely N-dealkylation sites (tertiary alicyclic amines) is 1. The molecule has 1 saturated heterocycles. The van der Waals surface area contributed by atoms with Crippen molar-refractivity contribution in [2.24, 2.45) is 0 Å². The molecule has 0 bridgehead atoms. The highest BCUT2D eigenvalue weighted by molar-refractivity contribution is 5.89. The molecule has 0 unspecified atom stereocenters. The Balaban J connectivity index is 1.32. The van der Waals surface area contributed by atoms with E-state index < -0.39 is 5.97 Å². The number of hydrogen-bond acceptors (Lipinski definition) is 5. The summed E-state index contributed by atoms with van der Waals surface area (Å²) in [4.78, 5) is 29.9. The second kappa shape index (κ2) is 8.08. The molecule has 1 aromatic heterocycles. The Bertz CT molecular complexity index is 964. The third-order valence-corrected chi connectivity index (χ3v) is 4.67. The average molecular weight is 376 g/mol. The lowest BCUT2D eigenvalue weighted by atomic mass is 10.1. The lowest BCUT2D eigenvalue weighted by Crippen LogP contribution is -2.23. The fraction of sp³-hybridized carbons (Fsp3) is 0.227. The molecule has 1 amide bonds. The summed E-state index contributed by atoms with van der Waals surface area (Å²) in [5.74, 6) is 0.719. The maximum Gasteiger partial charge on any atom is 0.338 e. The first-order valence-electron chi connectivity index (χ1n) is 9.23. The van der Waals surface area contributed by atoms with Crippen LogP contribution in [0.25, 0.3) is 11.3 Å². The van der Waals surface area contributed by atoms with Crippen LogP contribution >= 0.6 is 0 Å². The van der Waals surface area contributed by atoms with E-state index in [1.807, 2.05) is 47.4 Å². The molecule has 4 rings (SSSR count). The Morgan fingerprint density at radius 2 is 1.89 bits per heavy atom. The molecule has 1 aliphatic rings. The number of nitrogens with zero attached hydrogens (tertiary/aromatic N) is 2. The second-order valence-electron chi connectivity index (χ2n) is 6.68. The van der Waals surface area contributed by atoms with Gasteiger partial charge < -0.3 is 14.1 Å². The average Bonchev–Trinajstić information content (AvgIpc) is 3.37. The number of carbonyl (C=O) groups excluding carboxylic acids is 2. The van der Waals surface area contributed by atoms with Crippen molar-refractivity contribution in [3.63, 3.8) is 0 Å². The molecular weight excluding hydrogens is 356 g/mol. The van der Waals surface area contributed by atoms with E-state index in [9.17, 15) is 9.59 Å². The smallest absolute Gasteiger partial charge is 0.338 e. The van der Waals surface area contributed by atoms with Crippen molar-refractivity contribution in [1.29, 1.82) is 0 Å². The van der Waals surface area contributed by atoms with Gasteiger partial charge in [-0.3, -0.25) is 4.79 Å². The standard InChI is InChI=1S/C22H20N2O4/c25-21-7-4-12-24(21)14-16-8-10-18(11-9-16)22(26)27-15-20-23-13-19(28-20)17-5-2-1-3-6-17/h1-3,5-6,8-11,13H,4,7,12,14-15H2. The number of benzene rings is 2. The van der Waals surface area contributed by atoms with Crippen LogP contribution in [0.4, 0.5) is 0 Å². The maximum atomic E-state index is 12.2. The SMILES string of the molecule is O=C(OCc1ncc(-c2ccccc2)o1)c1ccc(CN2CCCC2=O)cc1. The predicted octanol–water partition coefficient (Wildman–Crippen LogP) is 3.82. The molecule has 0 saturated carbocycles. The van der Waals surface area contributed by atoms with Gasteiger partial charge >= 0.3 is 5.97 Å². The van der Waals surface area contributed by atoms with Crippen LogP contribution < -0.4 is 0 Å². The minimum absolute atomic E-state index is 0.0320. The van der Waals surface area contributed by atoms with Gasteiger partial charge in [-0.15, -0.1) is 0 Å². The van der Waals surface area contributed by atoms with Crippen molar-refractivity contribution >= 4 is 11.9 Å². The maximum absolute atomic E-state index is 12.2. The number of ether oxygens (including phenoxy) is 1. The molecule has 6 heteroatoms. The van der Waals surface area contributed by atoms with Gasteiger partial charge in [0.05, 0.1) is 11.8 Å². The summed E-state index contributed by atoms with van der Waals surface area (Å²) in [7, 11) is 0. The number of hydrogen-bond donors (Lipinski definition) is 0. The molecule has 0 spiro atoms.